The molecular formula is C39H60N2O8. The lowest BCUT2D eigenvalue weighted by Gasteiger charge is -2.61. The molecule has 0 amide bonds. The van der Waals surface area contributed by atoms with Gasteiger partial charge in [-0.3, -0.25) is 30.3 Å². The van der Waals surface area contributed by atoms with Crippen LogP contribution in [0.2, 0.25) is 0 Å². The third-order valence-electron chi connectivity index (χ3n) is 14.2. The molecule has 1 aromatic carbocycles. The fourth-order valence-corrected chi connectivity index (χ4v) is 11.7. The summed E-state index contributed by atoms with van der Waals surface area (Å²) in [5, 5.41) is 32.2. The van der Waals surface area contributed by atoms with Gasteiger partial charge in [0.15, 0.2) is 0 Å². The Labute approximate surface area is 292 Å². The van der Waals surface area contributed by atoms with Crippen LogP contribution in [0, 0.1) is 78.4 Å². The number of rotatable bonds is 15. The molecular weight excluding hydrogens is 624 g/mol. The number of carbonyl (C=O) groups excluding carboxylic acids is 1. The average molecular weight is 685 g/mol. The van der Waals surface area contributed by atoms with E-state index in [1.807, 2.05) is 0 Å². The number of nitro benzene ring substituents is 2. The minimum absolute atomic E-state index is 0.103. The summed E-state index contributed by atoms with van der Waals surface area (Å²) >= 11 is 0. The van der Waals surface area contributed by atoms with E-state index >= 15 is 0 Å². The van der Waals surface area contributed by atoms with E-state index in [0.717, 1.165) is 54.4 Å². The second kappa shape index (κ2) is 15.7. The molecule has 10 atom stereocenters. The Hall–Kier alpha value is -2.59. The van der Waals surface area contributed by atoms with Crippen LogP contribution >= 0.6 is 0 Å². The van der Waals surface area contributed by atoms with Crippen molar-refractivity contribution in [2.75, 3.05) is 0 Å². The van der Waals surface area contributed by atoms with Crippen molar-refractivity contribution in [2.24, 2.45) is 58.2 Å². The molecule has 4 aliphatic rings. The highest BCUT2D eigenvalue weighted by atomic mass is 17.1. The van der Waals surface area contributed by atoms with E-state index in [-0.39, 0.29) is 30.6 Å². The number of nitrogens with zero attached hydrogens (tertiary/aromatic N) is 2. The Kier molecular flexibility index (Phi) is 12.1. The molecule has 0 spiro atoms. The Morgan fingerprint density at radius 2 is 1.55 bits per heavy atom. The van der Waals surface area contributed by atoms with Gasteiger partial charge in [-0.2, -0.15) is 0 Å². The fraction of sp³-hybridized carbons (Fsp3) is 0.821. The van der Waals surface area contributed by atoms with E-state index in [1.165, 1.54) is 76.3 Å². The van der Waals surface area contributed by atoms with Gasteiger partial charge in [0.1, 0.15) is 6.61 Å². The van der Waals surface area contributed by atoms with Gasteiger partial charge in [0.25, 0.3) is 11.4 Å². The Morgan fingerprint density at radius 1 is 0.878 bits per heavy atom. The molecule has 0 radical (unpaired) electrons. The van der Waals surface area contributed by atoms with E-state index in [1.54, 1.807) is 0 Å². The first-order valence-electron chi connectivity index (χ1n) is 19.1. The Balaban J connectivity index is 1.11. The van der Waals surface area contributed by atoms with Crippen molar-refractivity contribution in [3.05, 3.63) is 44.0 Å². The minimum atomic E-state index is -0.709. The van der Waals surface area contributed by atoms with Gasteiger partial charge in [-0.25, -0.2) is 4.89 Å². The van der Waals surface area contributed by atoms with E-state index < -0.39 is 27.2 Å². The number of ether oxygens (including phenoxy) is 1. The Morgan fingerprint density at radius 3 is 2.20 bits per heavy atom. The lowest BCUT2D eigenvalue weighted by Crippen LogP contribution is -2.54. The van der Waals surface area contributed by atoms with Crippen LogP contribution in [0.4, 0.5) is 11.4 Å². The second-order valence-corrected chi connectivity index (χ2v) is 17.3. The van der Waals surface area contributed by atoms with Crippen LogP contribution in [0.1, 0.15) is 136 Å². The molecule has 4 saturated carbocycles. The molecule has 0 bridgehead atoms. The van der Waals surface area contributed by atoms with Crippen molar-refractivity contribution in [1.29, 1.82) is 0 Å². The van der Waals surface area contributed by atoms with Gasteiger partial charge in [-0.05, 0) is 129 Å². The van der Waals surface area contributed by atoms with Crippen LogP contribution in [0.15, 0.2) is 18.2 Å². The zero-order valence-corrected chi connectivity index (χ0v) is 30.4. The van der Waals surface area contributed by atoms with Crippen molar-refractivity contribution >= 4 is 17.3 Å². The molecule has 5 rings (SSSR count). The smallest absolute Gasteiger partial charge is 0.306 e. The van der Waals surface area contributed by atoms with Gasteiger partial charge in [0.05, 0.1) is 22.0 Å². The third kappa shape index (κ3) is 8.16. The highest BCUT2D eigenvalue weighted by Gasteiger charge is 2.60. The molecule has 274 valence electrons. The van der Waals surface area contributed by atoms with E-state index in [2.05, 4.69) is 34.6 Å². The van der Waals surface area contributed by atoms with Gasteiger partial charge in [0.2, 0.25) is 0 Å². The topological polar surface area (TPSA) is 142 Å². The number of nitro groups is 2. The summed E-state index contributed by atoms with van der Waals surface area (Å²) in [7, 11) is 0. The van der Waals surface area contributed by atoms with Crippen LogP contribution in [-0.2, 0) is 21.0 Å². The van der Waals surface area contributed by atoms with Crippen LogP contribution < -0.4 is 0 Å². The van der Waals surface area contributed by atoms with Crippen molar-refractivity contribution < 1.29 is 29.5 Å². The van der Waals surface area contributed by atoms with Crippen molar-refractivity contribution in [1.82, 2.24) is 0 Å². The van der Waals surface area contributed by atoms with Gasteiger partial charge < -0.3 is 4.74 Å². The van der Waals surface area contributed by atoms with E-state index in [4.69, 9.17) is 9.62 Å². The number of hydrogen-bond acceptors (Lipinski definition) is 8. The van der Waals surface area contributed by atoms with Crippen LogP contribution in [0.3, 0.4) is 0 Å². The standard InChI is InChI=1S/C39H60N2O8/c1-25(2)8-6-9-26(3)33-14-15-34-32-13-12-29-22-28(16-18-38(29,4)35(32)17-19-39(33,34)5)36(49-47)10-7-11-37(42)48-24-27-20-30(40(43)44)23-31(21-27)41(45)46/h20-21,23,25-26,28-29,32-36,47H,6-19,22,24H2,1-5H3. The molecule has 10 heteroatoms. The molecule has 0 aromatic heterocycles. The summed E-state index contributed by atoms with van der Waals surface area (Å²) < 4.78 is 5.29. The normalized spacial score (nSPS) is 33.6. The minimum Gasteiger partial charge on any atom is -0.461 e. The van der Waals surface area contributed by atoms with Gasteiger partial charge in [0, 0.05) is 24.1 Å². The molecule has 4 fully saturated rings. The van der Waals surface area contributed by atoms with Crippen LogP contribution in [0.5, 0.6) is 0 Å². The first kappa shape index (κ1) is 37.7. The SMILES string of the molecule is CC(C)CCCC(C)C1CCC2C3CCC4CC(C(CCCC(=O)OCc5cc([N+](=O)[O-])cc([N+](=O)[O-])c5)OO)CCC4(C)C3CCC12C. The summed E-state index contributed by atoms with van der Waals surface area (Å²) in [5.41, 5.74) is 0.173. The molecule has 0 saturated heterocycles. The summed E-state index contributed by atoms with van der Waals surface area (Å²) in [5.74, 6) is 5.35. The zero-order valence-electron chi connectivity index (χ0n) is 30.4. The number of hydrogen-bond donors (Lipinski definition) is 1. The molecule has 1 N–H and O–H groups in total. The van der Waals surface area contributed by atoms with Crippen LogP contribution in [-0.4, -0.2) is 27.2 Å². The molecule has 1 aromatic rings. The largest absolute Gasteiger partial charge is 0.461 e. The maximum absolute atomic E-state index is 12.5. The number of fused-ring (bicyclic) bond motifs is 5. The first-order valence-corrected chi connectivity index (χ1v) is 19.1. The Bertz CT molecular complexity index is 1300. The van der Waals surface area contributed by atoms with Gasteiger partial charge in [-0.1, -0.05) is 53.9 Å². The predicted molar refractivity (Wildman–Crippen MR) is 187 cm³/mol. The summed E-state index contributed by atoms with van der Waals surface area (Å²) in [6, 6.07) is 3.23. The highest BCUT2D eigenvalue weighted by Crippen LogP contribution is 2.69. The maximum atomic E-state index is 12.5. The zero-order chi connectivity index (χ0) is 35.5. The van der Waals surface area contributed by atoms with Gasteiger partial charge in [-0.15, -0.1) is 0 Å². The lowest BCUT2D eigenvalue weighted by atomic mass is 9.43. The molecule has 0 heterocycles. The number of non-ortho nitro benzene ring substituents is 2. The van der Waals surface area contributed by atoms with E-state index in [0.29, 0.717) is 29.6 Å². The monoisotopic (exact) mass is 684 g/mol. The van der Waals surface area contributed by atoms with Crippen molar-refractivity contribution in [3.63, 3.8) is 0 Å². The summed E-state index contributed by atoms with van der Waals surface area (Å²) in [4.78, 5) is 38.4. The summed E-state index contributed by atoms with van der Waals surface area (Å²) in [6.45, 7) is 12.2. The second-order valence-electron chi connectivity index (χ2n) is 17.3. The lowest BCUT2D eigenvalue weighted by molar-refractivity contribution is -0.394. The molecule has 49 heavy (non-hydrogen) atoms. The first-order chi connectivity index (χ1) is 23.3. The number of benzene rings is 1. The number of esters is 1. The van der Waals surface area contributed by atoms with Crippen molar-refractivity contribution in [2.45, 2.75) is 144 Å². The van der Waals surface area contributed by atoms with Gasteiger partial charge >= 0.3 is 5.97 Å². The van der Waals surface area contributed by atoms with Crippen LogP contribution in [0.25, 0.3) is 0 Å². The maximum Gasteiger partial charge on any atom is 0.306 e. The fourth-order valence-electron chi connectivity index (χ4n) is 11.7. The molecule has 4 aliphatic carbocycles. The third-order valence-corrected chi connectivity index (χ3v) is 14.2. The molecule has 10 nitrogen and oxygen atoms in total. The number of carbonyl (C=O) groups is 1. The molecule has 10 unspecified atom stereocenters. The summed E-state index contributed by atoms with van der Waals surface area (Å²) in [6.07, 6.45) is 16.2. The van der Waals surface area contributed by atoms with E-state index in [9.17, 15) is 30.3 Å². The average Bonchev–Trinajstić information content (AvgIpc) is 3.42. The molecule has 0 aliphatic heterocycles. The van der Waals surface area contributed by atoms with Crippen molar-refractivity contribution in [3.8, 4) is 0 Å². The predicted octanol–water partition coefficient (Wildman–Crippen LogP) is 10.3. The highest BCUT2D eigenvalue weighted by molar-refractivity contribution is 5.69. The quantitative estimate of drug-likeness (QED) is 0.0832.